The van der Waals surface area contributed by atoms with Crippen LogP contribution in [0.2, 0.25) is 0 Å². The molecule has 0 saturated carbocycles. The quantitative estimate of drug-likeness (QED) is 0.627. The van der Waals surface area contributed by atoms with E-state index < -0.39 is 17.0 Å². The van der Waals surface area contributed by atoms with Crippen LogP contribution in [0.15, 0.2) is 16.6 Å². The van der Waals surface area contributed by atoms with Gasteiger partial charge in [-0.05, 0) is 18.6 Å². The molecule has 8 heteroatoms. The summed E-state index contributed by atoms with van der Waals surface area (Å²) < 4.78 is 5.63. The molecule has 0 amide bonds. The molecular formula is C10H11BrN2O5. The lowest BCUT2D eigenvalue weighted by molar-refractivity contribution is -0.386. The van der Waals surface area contributed by atoms with Gasteiger partial charge in [0.25, 0.3) is 0 Å². The topological polar surface area (TPSA) is 116 Å². The lowest BCUT2D eigenvalue weighted by Crippen LogP contribution is -2.35. The van der Waals surface area contributed by atoms with Crippen molar-refractivity contribution < 1.29 is 19.6 Å². The first-order valence-electron chi connectivity index (χ1n) is 4.91. The van der Waals surface area contributed by atoms with Crippen LogP contribution >= 0.6 is 15.9 Å². The van der Waals surface area contributed by atoms with Crippen molar-refractivity contribution in [1.29, 1.82) is 0 Å². The van der Waals surface area contributed by atoms with Crippen LogP contribution in [0.1, 0.15) is 5.56 Å². The van der Waals surface area contributed by atoms with Gasteiger partial charge in [0, 0.05) is 17.1 Å². The number of rotatable bonds is 5. The minimum Gasteiger partial charge on any atom is -0.478 e. The van der Waals surface area contributed by atoms with Crippen LogP contribution < -0.4 is 10.5 Å². The fourth-order valence-corrected chi connectivity index (χ4v) is 1.90. The predicted molar refractivity (Wildman–Crippen MR) is 66.6 cm³/mol. The molecule has 0 aliphatic heterocycles. The molecule has 0 aliphatic rings. The highest BCUT2D eigenvalue weighted by Crippen LogP contribution is 2.34. The minimum atomic E-state index is -1.32. The second kappa shape index (κ2) is 5.78. The molecule has 0 aliphatic carbocycles. The van der Waals surface area contributed by atoms with Gasteiger partial charge < -0.3 is 15.6 Å². The first-order valence-corrected chi connectivity index (χ1v) is 5.70. The molecule has 0 aromatic heterocycles. The fourth-order valence-electron chi connectivity index (χ4n) is 1.34. The summed E-state index contributed by atoms with van der Waals surface area (Å²) in [5, 5.41) is 19.7. The van der Waals surface area contributed by atoms with Crippen molar-refractivity contribution in [2.75, 3.05) is 6.54 Å². The minimum absolute atomic E-state index is 0.0824. The van der Waals surface area contributed by atoms with Crippen LogP contribution in [0.4, 0.5) is 5.69 Å². The molecule has 18 heavy (non-hydrogen) atoms. The number of benzene rings is 1. The zero-order chi connectivity index (χ0) is 13.9. The molecule has 1 rings (SSSR count). The Morgan fingerprint density at radius 2 is 2.28 bits per heavy atom. The summed E-state index contributed by atoms with van der Waals surface area (Å²) in [5.41, 5.74) is 5.39. The standard InChI is InChI=1S/C10H11BrN2O5/c1-5-2-6(11)3-7(13(16)17)9(5)18-8(4-12)10(14)15/h2-3,8H,4,12H2,1H3,(H,14,15). The van der Waals surface area contributed by atoms with E-state index in [9.17, 15) is 14.9 Å². The number of ether oxygens (including phenoxy) is 1. The van der Waals surface area contributed by atoms with E-state index in [-0.39, 0.29) is 18.0 Å². The molecule has 0 radical (unpaired) electrons. The van der Waals surface area contributed by atoms with Crippen LogP contribution in [0.25, 0.3) is 0 Å². The first-order chi connectivity index (χ1) is 8.36. The van der Waals surface area contributed by atoms with E-state index in [0.29, 0.717) is 10.0 Å². The Labute approximate surface area is 111 Å². The van der Waals surface area contributed by atoms with Gasteiger partial charge in [-0.25, -0.2) is 4.79 Å². The van der Waals surface area contributed by atoms with Crippen molar-refractivity contribution in [3.63, 3.8) is 0 Å². The molecule has 1 atom stereocenters. The summed E-state index contributed by atoms with van der Waals surface area (Å²) in [6.45, 7) is 1.31. The monoisotopic (exact) mass is 318 g/mol. The number of halogens is 1. The highest BCUT2D eigenvalue weighted by atomic mass is 79.9. The summed E-state index contributed by atoms with van der Waals surface area (Å²) in [4.78, 5) is 21.1. The van der Waals surface area contributed by atoms with Crippen LogP contribution in [0.3, 0.4) is 0 Å². The van der Waals surface area contributed by atoms with E-state index in [4.69, 9.17) is 15.6 Å². The van der Waals surface area contributed by atoms with E-state index in [1.807, 2.05) is 0 Å². The largest absolute Gasteiger partial charge is 0.478 e. The zero-order valence-electron chi connectivity index (χ0n) is 9.42. The fraction of sp³-hybridized carbons (Fsp3) is 0.300. The Bertz CT molecular complexity index is 491. The van der Waals surface area contributed by atoms with Gasteiger partial charge in [-0.3, -0.25) is 10.1 Å². The normalized spacial score (nSPS) is 11.9. The molecule has 98 valence electrons. The number of aryl methyl sites for hydroxylation is 1. The third-order valence-corrected chi connectivity index (χ3v) is 2.62. The van der Waals surface area contributed by atoms with Gasteiger partial charge >= 0.3 is 11.7 Å². The van der Waals surface area contributed by atoms with Crippen molar-refractivity contribution in [3.05, 3.63) is 32.3 Å². The molecule has 1 aromatic rings. The number of nitrogens with zero attached hydrogens (tertiary/aromatic N) is 1. The van der Waals surface area contributed by atoms with Crippen LogP contribution in [0, 0.1) is 17.0 Å². The van der Waals surface area contributed by atoms with Gasteiger partial charge in [0.15, 0.2) is 0 Å². The average Bonchev–Trinajstić information content (AvgIpc) is 2.26. The average molecular weight is 319 g/mol. The third kappa shape index (κ3) is 3.17. The Kier molecular flexibility index (Phi) is 4.62. The van der Waals surface area contributed by atoms with E-state index in [0.717, 1.165) is 0 Å². The van der Waals surface area contributed by atoms with Gasteiger partial charge in [0.2, 0.25) is 11.9 Å². The zero-order valence-corrected chi connectivity index (χ0v) is 11.0. The van der Waals surface area contributed by atoms with Crippen LogP contribution in [-0.2, 0) is 4.79 Å². The highest BCUT2D eigenvalue weighted by molar-refractivity contribution is 9.10. The molecule has 1 aromatic carbocycles. The van der Waals surface area contributed by atoms with Crippen LogP contribution in [0.5, 0.6) is 5.75 Å². The summed E-state index contributed by atoms with van der Waals surface area (Å²) in [6.07, 6.45) is -1.32. The van der Waals surface area contributed by atoms with Gasteiger partial charge in [0.1, 0.15) is 0 Å². The molecule has 0 heterocycles. The third-order valence-electron chi connectivity index (χ3n) is 2.17. The molecule has 0 spiro atoms. The summed E-state index contributed by atoms with van der Waals surface area (Å²) >= 11 is 3.13. The SMILES string of the molecule is Cc1cc(Br)cc([N+](=O)[O-])c1OC(CN)C(=O)O. The van der Waals surface area contributed by atoms with E-state index in [2.05, 4.69) is 15.9 Å². The first kappa shape index (κ1) is 14.4. The lowest BCUT2D eigenvalue weighted by atomic mass is 10.2. The number of carboxylic acids is 1. The van der Waals surface area contributed by atoms with E-state index >= 15 is 0 Å². The number of carboxylic acid groups (broad SMARTS) is 1. The van der Waals surface area contributed by atoms with Gasteiger partial charge in [0.05, 0.1) is 4.92 Å². The van der Waals surface area contributed by atoms with E-state index in [1.165, 1.54) is 6.07 Å². The number of hydrogen-bond acceptors (Lipinski definition) is 5. The second-order valence-corrected chi connectivity index (χ2v) is 4.42. The van der Waals surface area contributed by atoms with Crippen molar-refractivity contribution in [3.8, 4) is 5.75 Å². The Hall–Kier alpha value is -1.67. The Morgan fingerprint density at radius 3 is 2.72 bits per heavy atom. The van der Waals surface area contributed by atoms with Gasteiger partial charge in [-0.1, -0.05) is 15.9 Å². The van der Waals surface area contributed by atoms with Gasteiger partial charge in [-0.15, -0.1) is 0 Å². The molecule has 0 fully saturated rings. The molecule has 1 unspecified atom stereocenters. The maximum absolute atomic E-state index is 10.9. The number of carbonyl (C=O) groups is 1. The Morgan fingerprint density at radius 1 is 1.67 bits per heavy atom. The summed E-state index contributed by atoms with van der Waals surface area (Å²) in [7, 11) is 0. The maximum Gasteiger partial charge on any atom is 0.346 e. The van der Waals surface area contributed by atoms with Crippen molar-refractivity contribution in [2.45, 2.75) is 13.0 Å². The second-order valence-electron chi connectivity index (χ2n) is 3.51. The number of nitro groups is 1. The Balaban J connectivity index is 3.22. The molecule has 0 bridgehead atoms. The highest BCUT2D eigenvalue weighted by Gasteiger charge is 2.25. The maximum atomic E-state index is 10.9. The van der Waals surface area contributed by atoms with Crippen LogP contribution in [-0.4, -0.2) is 28.6 Å². The lowest BCUT2D eigenvalue weighted by Gasteiger charge is -2.15. The smallest absolute Gasteiger partial charge is 0.346 e. The van der Waals surface area contributed by atoms with Gasteiger partial charge in [-0.2, -0.15) is 0 Å². The number of nitro benzene ring substituents is 1. The van der Waals surface area contributed by atoms with Crippen molar-refractivity contribution in [1.82, 2.24) is 0 Å². The number of aliphatic carboxylic acids is 1. The number of nitrogens with two attached hydrogens (primary N) is 1. The molecule has 7 nitrogen and oxygen atoms in total. The molecular weight excluding hydrogens is 308 g/mol. The molecule has 0 saturated heterocycles. The predicted octanol–water partition coefficient (Wildman–Crippen LogP) is 1.46. The van der Waals surface area contributed by atoms with E-state index in [1.54, 1.807) is 13.0 Å². The van der Waals surface area contributed by atoms with Crippen molar-refractivity contribution >= 4 is 27.6 Å². The summed E-state index contributed by atoms with van der Waals surface area (Å²) in [5.74, 6) is -1.35. The number of hydrogen-bond donors (Lipinski definition) is 2. The molecule has 3 N–H and O–H groups in total. The van der Waals surface area contributed by atoms with Crippen molar-refractivity contribution in [2.24, 2.45) is 5.73 Å². The summed E-state index contributed by atoms with van der Waals surface area (Å²) in [6, 6.07) is 2.84.